The molecule has 1 saturated heterocycles. The Hall–Kier alpha value is -3.17. The summed E-state index contributed by atoms with van der Waals surface area (Å²) in [6.07, 6.45) is 0.644. The maximum absolute atomic E-state index is 13.1. The van der Waals surface area contributed by atoms with Gasteiger partial charge in [-0.1, -0.05) is 12.1 Å². The highest BCUT2D eigenvalue weighted by Crippen LogP contribution is 2.23. The van der Waals surface area contributed by atoms with E-state index >= 15 is 0 Å². The van der Waals surface area contributed by atoms with Crippen molar-refractivity contribution < 1.29 is 24.0 Å². The third kappa shape index (κ3) is 5.68. The first-order valence-corrected chi connectivity index (χ1v) is 9.69. The number of carbonyl (C=O) groups is 3. The number of hydrogen-bond acceptors (Lipinski definition) is 6. The average molecular weight is 420 g/mol. The smallest absolute Gasteiger partial charge is 0.410 e. The molecular weight excluding hydrogens is 392 g/mol. The number of ether oxygens (including phenoxy) is 1. The lowest BCUT2D eigenvalue weighted by atomic mass is 10.0. The SMILES string of the molecule is CN(C(=O)[C@@H]1CCCN1C(=O)OC(C)(C)C)[C@@H](Cc1ccc([N+](=O)[O-])cc1)C(N)=O. The quantitative estimate of drug-likeness (QED) is 0.551. The first-order chi connectivity index (χ1) is 13.9. The number of rotatable bonds is 6. The number of nitro benzene ring substituents is 1. The lowest BCUT2D eigenvalue weighted by molar-refractivity contribution is -0.384. The summed E-state index contributed by atoms with van der Waals surface area (Å²) in [4.78, 5) is 50.5. The Labute approximate surface area is 175 Å². The van der Waals surface area contributed by atoms with Crippen LogP contribution in [0.2, 0.25) is 0 Å². The van der Waals surface area contributed by atoms with Gasteiger partial charge in [0.2, 0.25) is 11.8 Å². The molecule has 3 amide bonds. The number of benzene rings is 1. The number of carbonyl (C=O) groups excluding carboxylic acids is 3. The van der Waals surface area contributed by atoms with Crippen molar-refractivity contribution in [3.05, 3.63) is 39.9 Å². The van der Waals surface area contributed by atoms with Crippen LogP contribution in [0.4, 0.5) is 10.5 Å². The topological polar surface area (TPSA) is 136 Å². The van der Waals surface area contributed by atoms with Crippen molar-refractivity contribution in [1.29, 1.82) is 0 Å². The molecule has 1 aromatic rings. The van der Waals surface area contributed by atoms with Crippen molar-refractivity contribution in [2.45, 2.75) is 57.7 Å². The molecule has 2 rings (SSSR count). The van der Waals surface area contributed by atoms with Gasteiger partial charge in [0.05, 0.1) is 4.92 Å². The Morgan fingerprint density at radius 2 is 1.90 bits per heavy atom. The number of nitrogens with two attached hydrogens (primary N) is 1. The van der Waals surface area contributed by atoms with Crippen LogP contribution >= 0.6 is 0 Å². The van der Waals surface area contributed by atoms with Crippen molar-refractivity contribution in [3.63, 3.8) is 0 Å². The van der Waals surface area contributed by atoms with E-state index in [1.165, 1.54) is 41.1 Å². The molecule has 2 N–H and O–H groups in total. The summed E-state index contributed by atoms with van der Waals surface area (Å²) < 4.78 is 5.39. The van der Waals surface area contributed by atoms with Crippen LogP contribution in [-0.2, 0) is 20.7 Å². The molecule has 1 aliphatic heterocycles. The van der Waals surface area contributed by atoms with Gasteiger partial charge in [0.15, 0.2) is 0 Å². The molecule has 0 radical (unpaired) electrons. The molecule has 2 atom stereocenters. The maximum Gasteiger partial charge on any atom is 0.410 e. The number of hydrogen-bond donors (Lipinski definition) is 1. The van der Waals surface area contributed by atoms with E-state index in [1.54, 1.807) is 20.8 Å². The zero-order valence-electron chi connectivity index (χ0n) is 17.7. The number of likely N-dealkylation sites (tertiary alicyclic amines) is 1. The molecule has 1 aromatic carbocycles. The van der Waals surface area contributed by atoms with Gasteiger partial charge < -0.3 is 15.4 Å². The summed E-state index contributed by atoms with van der Waals surface area (Å²) in [5.74, 6) is -1.10. The fourth-order valence-corrected chi connectivity index (χ4v) is 3.36. The van der Waals surface area contributed by atoms with E-state index in [0.29, 0.717) is 24.9 Å². The van der Waals surface area contributed by atoms with Crippen LogP contribution < -0.4 is 5.73 Å². The van der Waals surface area contributed by atoms with E-state index in [4.69, 9.17) is 10.5 Å². The maximum atomic E-state index is 13.1. The van der Waals surface area contributed by atoms with Gasteiger partial charge in [0.1, 0.15) is 17.7 Å². The molecule has 0 spiro atoms. The monoisotopic (exact) mass is 420 g/mol. The summed E-state index contributed by atoms with van der Waals surface area (Å²) in [6.45, 7) is 5.63. The molecule has 0 unspecified atom stereocenters. The van der Waals surface area contributed by atoms with E-state index in [0.717, 1.165) is 0 Å². The zero-order valence-corrected chi connectivity index (χ0v) is 17.7. The van der Waals surface area contributed by atoms with Crippen LogP contribution in [0.15, 0.2) is 24.3 Å². The lowest BCUT2D eigenvalue weighted by Crippen LogP contribution is -2.54. The lowest BCUT2D eigenvalue weighted by Gasteiger charge is -2.32. The predicted octanol–water partition coefficient (Wildman–Crippen LogP) is 1.85. The van der Waals surface area contributed by atoms with Crippen LogP contribution in [0.5, 0.6) is 0 Å². The minimum atomic E-state index is -0.958. The Morgan fingerprint density at radius 3 is 2.40 bits per heavy atom. The number of amides is 3. The molecule has 1 aliphatic rings. The molecule has 30 heavy (non-hydrogen) atoms. The fourth-order valence-electron chi connectivity index (χ4n) is 3.36. The second-order valence-electron chi connectivity index (χ2n) is 8.33. The van der Waals surface area contributed by atoms with Gasteiger partial charge in [-0.25, -0.2) is 4.79 Å². The van der Waals surface area contributed by atoms with Crippen LogP contribution in [-0.4, -0.2) is 63.9 Å². The van der Waals surface area contributed by atoms with Crippen LogP contribution in [0.25, 0.3) is 0 Å². The van der Waals surface area contributed by atoms with Gasteiger partial charge >= 0.3 is 6.09 Å². The predicted molar refractivity (Wildman–Crippen MR) is 109 cm³/mol. The third-order valence-electron chi connectivity index (χ3n) is 4.89. The Bertz CT molecular complexity index is 818. The third-order valence-corrected chi connectivity index (χ3v) is 4.89. The number of nitro groups is 1. The summed E-state index contributed by atoms with van der Waals surface area (Å²) in [7, 11) is 1.47. The van der Waals surface area contributed by atoms with Gasteiger partial charge in [-0.2, -0.15) is 0 Å². The Kier molecular flexibility index (Phi) is 7.01. The van der Waals surface area contributed by atoms with Crippen LogP contribution in [0.1, 0.15) is 39.2 Å². The second kappa shape index (κ2) is 9.10. The molecule has 1 fully saturated rings. The highest BCUT2D eigenvalue weighted by atomic mass is 16.6. The van der Waals surface area contributed by atoms with Crippen LogP contribution in [0.3, 0.4) is 0 Å². The Balaban J connectivity index is 2.14. The molecule has 10 nitrogen and oxygen atoms in total. The number of nitrogens with zero attached hydrogens (tertiary/aromatic N) is 3. The average Bonchev–Trinajstić information content (AvgIpc) is 3.13. The number of primary amides is 1. The van der Waals surface area contributed by atoms with Crippen molar-refractivity contribution >= 4 is 23.6 Å². The van der Waals surface area contributed by atoms with Crippen molar-refractivity contribution in [2.24, 2.45) is 5.73 Å². The van der Waals surface area contributed by atoms with Crippen molar-refractivity contribution in [1.82, 2.24) is 9.80 Å². The van der Waals surface area contributed by atoms with Crippen molar-refractivity contribution in [3.8, 4) is 0 Å². The zero-order chi connectivity index (χ0) is 22.6. The largest absolute Gasteiger partial charge is 0.444 e. The van der Waals surface area contributed by atoms with Gasteiger partial charge in [0.25, 0.3) is 5.69 Å². The van der Waals surface area contributed by atoms with Crippen LogP contribution in [0, 0.1) is 10.1 Å². The summed E-state index contributed by atoms with van der Waals surface area (Å²) in [6, 6.07) is 4.01. The van der Waals surface area contributed by atoms with Gasteiger partial charge in [-0.05, 0) is 39.2 Å². The summed E-state index contributed by atoms with van der Waals surface area (Å²) >= 11 is 0. The summed E-state index contributed by atoms with van der Waals surface area (Å²) in [5.41, 5.74) is 5.39. The van der Waals surface area contributed by atoms with E-state index in [-0.39, 0.29) is 12.1 Å². The van der Waals surface area contributed by atoms with E-state index in [1.807, 2.05) is 0 Å². The molecule has 1 heterocycles. The summed E-state index contributed by atoms with van der Waals surface area (Å²) in [5, 5.41) is 10.8. The first kappa shape index (κ1) is 23.1. The van der Waals surface area contributed by atoms with Gasteiger partial charge in [-0.15, -0.1) is 0 Å². The standard InChI is InChI=1S/C20H28N4O6/c1-20(2,3)30-19(27)23-11-5-6-15(23)18(26)22(4)16(17(21)25)12-13-7-9-14(10-8-13)24(28)29/h7-10,15-16H,5-6,11-12H2,1-4H3,(H2,21,25)/t15-,16-/m0/s1. The molecule has 0 bridgehead atoms. The van der Waals surface area contributed by atoms with Crippen molar-refractivity contribution in [2.75, 3.05) is 13.6 Å². The van der Waals surface area contributed by atoms with Gasteiger partial charge in [-0.3, -0.25) is 24.6 Å². The molecule has 164 valence electrons. The fraction of sp³-hybridized carbons (Fsp3) is 0.550. The molecular formula is C20H28N4O6. The number of likely N-dealkylation sites (N-methyl/N-ethyl adjacent to an activating group) is 1. The first-order valence-electron chi connectivity index (χ1n) is 9.69. The molecule has 0 aliphatic carbocycles. The molecule has 0 aromatic heterocycles. The molecule has 10 heteroatoms. The highest BCUT2D eigenvalue weighted by molar-refractivity contribution is 5.91. The minimum Gasteiger partial charge on any atom is -0.444 e. The number of non-ortho nitro benzene ring substituents is 1. The second-order valence-corrected chi connectivity index (χ2v) is 8.33. The Morgan fingerprint density at radius 1 is 1.30 bits per heavy atom. The molecule has 0 saturated carbocycles. The van der Waals surface area contributed by atoms with E-state index in [2.05, 4.69) is 0 Å². The van der Waals surface area contributed by atoms with Gasteiger partial charge in [0, 0.05) is 32.1 Å². The highest BCUT2D eigenvalue weighted by Gasteiger charge is 2.40. The van der Waals surface area contributed by atoms with E-state index in [9.17, 15) is 24.5 Å². The minimum absolute atomic E-state index is 0.0715. The normalized spacial score (nSPS) is 17.3. The van der Waals surface area contributed by atoms with E-state index < -0.39 is 40.5 Å².